The number of hydrogen-bond donors (Lipinski definition) is 1. The van der Waals surface area contributed by atoms with E-state index in [1.807, 2.05) is 6.92 Å². The van der Waals surface area contributed by atoms with E-state index in [4.69, 9.17) is 4.18 Å². The summed E-state index contributed by atoms with van der Waals surface area (Å²) in [6.07, 6.45) is 12.6. The van der Waals surface area contributed by atoms with E-state index in [1.165, 1.54) is 44.9 Å². The van der Waals surface area contributed by atoms with Crippen molar-refractivity contribution < 1.29 is 17.7 Å². The zero-order valence-electron chi connectivity index (χ0n) is 25.4. The fraction of sp³-hybridized carbons (Fsp3) is 0.824. The quantitative estimate of drug-likeness (QED) is 0.326. The maximum Gasteiger partial charge on any atom is 0.297 e. The summed E-state index contributed by atoms with van der Waals surface area (Å²) in [5.41, 5.74) is 0.444. The molecule has 1 aromatic carbocycles. The highest BCUT2D eigenvalue weighted by Gasteiger charge is 2.65. The van der Waals surface area contributed by atoms with E-state index in [1.54, 1.807) is 24.3 Å². The fourth-order valence-corrected chi connectivity index (χ4v) is 11.4. The van der Waals surface area contributed by atoms with E-state index in [9.17, 15) is 13.5 Å². The predicted molar refractivity (Wildman–Crippen MR) is 158 cm³/mol. The van der Waals surface area contributed by atoms with Crippen molar-refractivity contribution in [3.05, 3.63) is 29.8 Å². The molecule has 4 nitrogen and oxygen atoms in total. The van der Waals surface area contributed by atoms with Crippen molar-refractivity contribution >= 4 is 10.1 Å². The maximum absolute atomic E-state index is 13.0. The van der Waals surface area contributed by atoms with Crippen LogP contribution in [0, 0.1) is 53.3 Å². The van der Waals surface area contributed by atoms with E-state index in [0.717, 1.165) is 48.5 Å². The third kappa shape index (κ3) is 5.27. The topological polar surface area (TPSA) is 63.6 Å². The van der Waals surface area contributed by atoms with Crippen LogP contribution in [0.2, 0.25) is 0 Å². The Balaban J connectivity index is 1.27. The zero-order chi connectivity index (χ0) is 28.2. The third-order valence-electron chi connectivity index (χ3n) is 12.5. The van der Waals surface area contributed by atoms with E-state index < -0.39 is 21.8 Å². The highest BCUT2D eigenvalue weighted by Crippen LogP contribution is 2.69. The van der Waals surface area contributed by atoms with Crippen LogP contribution in [0.1, 0.15) is 117 Å². The lowest BCUT2D eigenvalue weighted by Gasteiger charge is -2.64. The molecule has 5 heteroatoms. The minimum absolute atomic E-state index is 0.161. The third-order valence-corrected chi connectivity index (χ3v) is 13.9. The molecule has 0 bridgehead atoms. The summed E-state index contributed by atoms with van der Waals surface area (Å²) in [4.78, 5) is 0.206. The molecule has 0 radical (unpaired) electrons. The van der Waals surface area contributed by atoms with Crippen molar-refractivity contribution in [3.63, 3.8) is 0 Å². The Morgan fingerprint density at radius 3 is 2.33 bits per heavy atom. The highest BCUT2D eigenvalue weighted by molar-refractivity contribution is 7.86. The smallest absolute Gasteiger partial charge is 0.297 e. The summed E-state index contributed by atoms with van der Waals surface area (Å²) in [7, 11) is -3.84. The maximum atomic E-state index is 13.0. The molecule has 0 spiro atoms. The number of fused-ring (bicyclic) bond motifs is 5. The van der Waals surface area contributed by atoms with Gasteiger partial charge < -0.3 is 5.11 Å². The summed E-state index contributed by atoms with van der Waals surface area (Å²) in [5.74, 6) is 4.42. The van der Waals surface area contributed by atoms with Crippen LogP contribution in [-0.4, -0.2) is 25.2 Å². The first-order valence-electron chi connectivity index (χ1n) is 16.0. The fourth-order valence-electron chi connectivity index (χ4n) is 10.3. The molecule has 1 aromatic rings. The molecule has 0 aromatic heterocycles. The van der Waals surface area contributed by atoms with Crippen molar-refractivity contribution in [2.75, 3.05) is 0 Å². The lowest BCUT2D eigenvalue weighted by Crippen LogP contribution is -2.63. The Morgan fingerprint density at radius 1 is 0.923 bits per heavy atom. The van der Waals surface area contributed by atoms with Gasteiger partial charge in [-0.2, -0.15) is 8.42 Å². The molecule has 0 aliphatic heterocycles. The molecule has 5 rings (SSSR count). The second kappa shape index (κ2) is 10.7. The summed E-state index contributed by atoms with van der Waals surface area (Å²) in [5, 5.41) is 12.2. The number of benzene rings is 1. The van der Waals surface area contributed by atoms with Crippen LogP contribution in [-0.2, 0) is 14.3 Å². The molecular formula is C34H54O4S. The van der Waals surface area contributed by atoms with Gasteiger partial charge in [0.2, 0.25) is 0 Å². The molecule has 4 saturated carbocycles. The Kier molecular flexibility index (Phi) is 8.14. The van der Waals surface area contributed by atoms with Crippen LogP contribution in [0.5, 0.6) is 0 Å². The van der Waals surface area contributed by atoms with Crippen LogP contribution < -0.4 is 0 Å². The van der Waals surface area contributed by atoms with E-state index in [-0.39, 0.29) is 10.3 Å². The molecule has 0 amide bonds. The first-order valence-corrected chi connectivity index (χ1v) is 17.4. The second-order valence-corrected chi connectivity index (χ2v) is 16.7. The Morgan fingerprint density at radius 2 is 1.64 bits per heavy atom. The summed E-state index contributed by atoms with van der Waals surface area (Å²) in [6.45, 7) is 14.1. The van der Waals surface area contributed by atoms with Gasteiger partial charge in [-0.1, -0.05) is 71.6 Å². The molecule has 0 saturated heterocycles. The minimum Gasteiger partial charge on any atom is -0.389 e. The summed E-state index contributed by atoms with van der Waals surface area (Å²) >= 11 is 0. The molecule has 4 aliphatic rings. The summed E-state index contributed by atoms with van der Waals surface area (Å²) in [6, 6.07) is 6.85. The molecular weight excluding hydrogens is 504 g/mol. The van der Waals surface area contributed by atoms with Gasteiger partial charge >= 0.3 is 0 Å². The standard InChI is InChI=1S/C34H54O4S/c1-23(2)8-7-9-25(4)29-14-15-30-28-17-21-34(35)22-26(38-39(36,37)27-12-10-24(3)11-13-27)16-20-33(34,6)31(28)18-19-32(29,30)5/h10-13,23,25-26,28-31,35H,7-9,14-22H2,1-6H3/t25-,26?,28?,29?,30?,31?,32?,33?,34-/m1/s1. The average Bonchev–Trinajstić information content (AvgIpc) is 3.22. The van der Waals surface area contributed by atoms with Crippen LogP contribution >= 0.6 is 0 Å². The van der Waals surface area contributed by atoms with Crippen molar-refractivity contribution in [2.24, 2.45) is 46.3 Å². The number of rotatable bonds is 8. The lowest BCUT2D eigenvalue weighted by atomic mass is 9.43. The molecule has 4 fully saturated rings. The van der Waals surface area contributed by atoms with E-state index in [0.29, 0.717) is 30.1 Å². The Bertz CT molecular complexity index is 1110. The normalized spacial score (nSPS) is 41.1. The molecule has 9 atom stereocenters. The Hall–Kier alpha value is -0.910. The molecule has 0 heterocycles. The predicted octanol–water partition coefficient (Wildman–Crippen LogP) is 8.31. The minimum atomic E-state index is -3.84. The van der Waals surface area contributed by atoms with Crippen molar-refractivity contribution in [2.45, 2.75) is 135 Å². The van der Waals surface area contributed by atoms with Gasteiger partial charge in [-0.15, -0.1) is 0 Å². The van der Waals surface area contributed by atoms with Gasteiger partial charge in [0, 0.05) is 6.42 Å². The van der Waals surface area contributed by atoms with Crippen molar-refractivity contribution in [3.8, 4) is 0 Å². The largest absolute Gasteiger partial charge is 0.389 e. The molecule has 7 unspecified atom stereocenters. The lowest BCUT2D eigenvalue weighted by molar-refractivity contribution is -0.217. The van der Waals surface area contributed by atoms with Crippen LogP contribution in [0.3, 0.4) is 0 Å². The molecule has 4 aliphatic carbocycles. The van der Waals surface area contributed by atoms with Gasteiger partial charge in [0.1, 0.15) is 0 Å². The highest BCUT2D eigenvalue weighted by atomic mass is 32.2. The van der Waals surface area contributed by atoms with Crippen molar-refractivity contribution in [1.82, 2.24) is 0 Å². The molecule has 1 N–H and O–H groups in total. The van der Waals surface area contributed by atoms with Crippen LogP contribution in [0.15, 0.2) is 29.2 Å². The van der Waals surface area contributed by atoms with Gasteiger partial charge in [0.25, 0.3) is 10.1 Å². The van der Waals surface area contributed by atoms with E-state index >= 15 is 0 Å². The van der Waals surface area contributed by atoms with Gasteiger partial charge in [-0.3, -0.25) is 4.18 Å². The number of hydrogen-bond acceptors (Lipinski definition) is 4. The Labute approximate surface area is 238 Å². The molecule has 39 heavy (non-hydrogen) atoms. The van der Waals surface area contributed by atoms with Gasteiger partial charge in [0.15, 0.2) is 0 Å². The monoisotopic (exact) mass is 558 g/mol. The zero-order valence-corrected chi connectivity index (χ0v) is 26.2. The SMILES string of the molecule is Cc1ccc(S(=O)(=O)OC2CCC3(C)C4CCC5(C)C(CCC5[C@H](C)CCCC(C)C)C4CC[C@@]3(O)C2)cc1. The van der Waals surface area contributed by atoms with E-state index in [2.05, 4.69) is 34.6 Å². The first-order chi connectivity index (χ1) is 18.3. The molecule has 220 valence electrons. The van der Waals surface area contributed by atoms with Crippen molar-refractivity contribution in [1.29, 1.82) is 0 Å². The van der Waals surface area contributed by atoms with Gasteiger partial charge in [-0.05, 0) is 117 Å². The van der Waals surface area contributed by atoms with Gasteiger partial charge in [0.05, 0.1) is 16.6 Å². The first kappa shape index (κ1) is 29.6. The van der Waals surface area contributed by atoms with Gasteiger partial charge in [-0.25, -0.2) is 0 Å². The second-order valence-electron chi connectivity index (χ2n) is 15.1. The average molecular weight is 559 g/mol. The van der Waals surface area contributed by atoms with Crippen LogP contribution in [0.25, 0.3) is 0 Å². The number of aryl methyl sites for hydroxylation is 1. The summed E-state index contributed by atoms with van der Waals surface area (Å²) < 4.78 is 31.8. The number of aliphatic hydroxyl groups is 1. The van der Waals surface area contributed by atoms with Crippen LogP contribution in [0.4, 0.5) is 0 Å².